The lowest BCUT2D eigenvalue weighted by Crippen LogP contribution is -2.42. The first-order chi connectivity index (χ1) is 11.6. The van der Waals surface area contributed by atoms with Crippen molar-refractivity contribution in [3.63, 3.8) is 0 Å². The van der Waals surface area contributed by atoms with Gasteiger partial charge in [-0.15, -0.1) is 0 Å². The summed E-state index contributed by atoms with van der Waals surface area (Å²) in [5, 5.41) is 10.4. The Morgan fingerprint density at radius 2 is 1.92 bits per heavy atom. The molecule has 5 nitrogen and oxygen atoms in total. The summed E-state index contributed by atoms with van der Waals surface area (Å²) in [5.41, 5.74) is 0. The van der Waals surface area contributed by atoms with E-state index in [9.17, 15) is 14.3 Å². The van der Waals surface area contributed by atoms with E-state index in [2.05, 4.69) is 0 Å². The largest absolute Gasteiger partial charge is 0.488 e. The maximum Gasteiger partial charge on any atom is 0.248 e. The minimum atomic E-state index is -0.571. The van der Waals surface area contributed by atoms with Gasteiger partial charge < -0.3 is 19.5 Å². The molecule has 24 heavy (non-hydrogen) atoms. The Bertz CT molecular complexity index is 565. The van der Waals surface area contributed by atoms with Crippen molar-refractivity contribution in [1.82, 2.24) is 4.90 Å². The van der Waals surface area contributed by atoms with Crippen molar-refractivity contribution in [3.8, 4) is 5.75 Å². The molecule has 1 aromatic rings. The Labute approximate surface area is 141 Å². The Hall–Kier alpha value is -1.66. The number of fused-ring (bicyclic) bond motifs is 1. The van der Waals surface area contributed by atoms with Gasteiger partial charge in [0, 0.05) is 19.7 Å². The smallest absolute Gasteiger partial charge is 0.248 e. The second-order valence-corrected chi connectivity index (χ2v) is 6.60. The van der Waals surface area contributed by atoms with Crippen LogP contribution in [0.5, 0.6) is 5.75 Å². The Morgan fingerprint density at radius 3 is 2.58 bits per heavy atom. The number of aliphatic hydroxyl groups is 1. The number of aliphatic hydroxyl groups excluding tert-OH is 1. The number of benzene rings is 1. The van der Waals surface area contributed by atoms with Gasteiger partial charge in [0.15, 0.2) is 0 Å². The molecule has 6 heteroatoms. The summed E-state index contributed by atoms with van der Waals surface area (Å²) in [6, 6.07) is 5.83. The number of nitrogens with zero attached hydrogens (tertiary/aromatic N) is 1. The number of hydrogen-bond acceptors (Lipinski definition) is 4. The molecule has 1 saturated carbocycles. The zero-order valence-corrected chi connectivity index (χ0v) is 13.9. The highest BCUT2D eigenvalue weighted by molar-refractivity contribution is 5.77. The van der Waals surface area contributed by atoms with Gasteiger partial charge in [0.1, 0.15) is 24.3 Å². The molecule has 3 rings (SSSR count). The van der Waals surface area contributed by atoms with Gasteiger partial charge in [-0.05, 0) is 55.9 Å². The fraction of sp³-hybridized carbons (Fsp3) is 0.611. The third kappa shape index (κ3) is 3.87. The summed E-state index contributed by atoms with van der Waals surface area (Å²) in [5.74, 6) is 0.881. The highest BCUT2D eigenvalue weighted by Gasteiger charge is 2.43. The molecule has 1 N–H and O–H groups in total. The molecule has 1 aliphatic carbocycles. The van der Waals surface area contributed by atoms with E-state index in [-0.39, 0.29) is 24.4 Å². The zero-order valence-electron chi connectivity index (χ0n) is 13.9. The predicted octanol–water partition coefficient (Wildman–Crippen LogP) is 1.84. The van der Waals surface area contributed by atoms with Crippen LogP contribution in [0.4, 0.5) is 4.39 Å². The molecule has 1 saturated heterocycles. The molecule has 2 aliphatic rings. The number of hydrogen-bond donors (Lipinski definition) is 1. The minimum Gasteiger partial charge on any atom is -0.488 e. The summed E-state index contributed by atoms with van der Waals surface area (Å²) in [6.07, 6.45) is 0.424. The minimum absolute atomic E-state index is 0.0109. The van der Waals surface area contributed by atoms with E-state index in [0.29, 0.717) is 50.1 Å². The maximum atomic E-state index is 13.0. The van der Waals surface area contributed by atoms with Gasteiger partial charge >= 0.3 is 0 Å². The molecule has 0 spiro atoms. The van der Waals surface area contributed by atoms with Crippen LogP contribution in [0.3, 0.4) is 0 Å². The van der Waals surface area contributed by atoms with E-state index in [1.54, 1.807) is 12.1 Å². The van der Waals surface area contributed by atoms with Gasteiger partial charge in [0.05, 0.1) is 6.10 Å². The van der Waals surface area contributed by atoms with Crippen LogP contribution in [-0.4, -0.2) is 54.4 Å². The molecule has 4 atom stereocenters. The van der Waals surface area contributed by atoms with Gasteiger partial charge in [-0.25, -0.2) is 4.39 Å². The first-order valence-corrected chi connectivity index (χ1v) is 8.52. The van der Waals surface area contributed by atoms with Gasteiger partial charge in [-0.3, -0.25) is 4.79 Å². The lowest BCUT2D eigenvalue weighted by atomic mass is 9.78. The van der Waals surface area contributed by atoms with E-state index < -0.39 is 6.10 Å². The van der Waals surface area contributed by atoms with Crippen LogP contribution in [0, 0.1) is 17.7 Å². The molecule has 1 heterocycles. The fourth-order valence-corrected chi connectivity index (χ4v) is 3.69. The molecule has 0 aromatic heterocycles. The second-order valence-electron chi connectivity index (χ2n) is 6.60. The maximum absolute atomic E-state index is 13.0. The van der Waals surface area contributed by atoms with Crippen molar-refractivity contribution in [3.05, 3.63) is 30.1 Å². The zero-order chi connectivity index (χ0) is 17.1. The van der Waals surface area contributed by atoms with Gasteiger partial charge in [-0.1, -0.05) is 0 Å². The van der Waals surface area contributed by atoms with Crippen molar-refractivity contribution >= 4 is 5.91 Å². The van der Waals surface area contributed by atoms with Gasteiger partial charge in [0.25, 0.3) is 0 Å². The molecule has 1 amide bonds. The lowest BCUT2D eigenvalue weighted by molar-refractivity contribution is -0.135. The first kappa shape index (κ1) is 17.2. The normalized spacial score (nSPS) is 29.4. The second kappa shape index (κ2) is 7.49. The van der Waals surface area contributed by atoms with Crippen molar-refractivity contribution in [1.29, 1.82) is 0 Å². The number of likely N-dealkylation sites (tertiary alicyclic amines) is 1. The highest BCUT2D eigenvalue weighted by Crippen LogP contribution is 2.38. The van der Waals surface area contributed by atoms with Crippen LogP contribution in [-0.2, 0) is 9.53 Å². The molecule has 2 fully saturated rings. The molecule has 132 valence electrons. The monoisotopic (exact) mass is 337 g/mol. The van der Waals surface area contributed by atoms with Crippen molar-refractivity contribution in [2.75, 3.05) is 26.3 Å². The fourth-order valence-electron chi connectivity index (χ4n) is 3.69. The number of ether oxygens (including phenoxy) is 2. The van der Waals surface area contributed by atoms with Crippen LogP contribution in [0.15, 0.2) is 24.3 Å². The lowest BCUT2D eigenvalue weighted by Gasteiger charge is -2.35. The van der Waals surface area contributed by atoms with E-state index in [4.69, 9.17) is 9.47 Å². The number of halogens is 1. The average molecular weight is 337 g/mol. The van der Waals surface area contributed by atoms with Crippen molar-refractivity contribution in [2.24, 2.45) is 11.8 Å². The molecular weight excluding hydrogens is 313 g/mol. The van der Waals surface area contributed by atoms with Crippen LogP contribution in [0.1, 0.15) is 19.8 Å². The van der Waals surface area contributed by atoms with E-state index in [0.717, 1.165) is 0 Å². The number of carbonyl (C=O) groups excluding carboxylic acids is 1. The molecule has 1 aliphatic heterocycles. The quantitative estimate of drug-likeness (QED) is 0.891. The Morgan fingerprint density at radius 1 is 1.25 bits per heavy atom. The molecule has 0 radical (unpaired) electrons. The Balaban J connectivity index is 1.58. The Kier molecular flexibility index (Phi) is 5.36. The SMILES string of the molecule is CCOCC(=O)N1C[C@H]2C[C@@H](Oc3ccc(F)cc3)[C@H](O)C[C@H]2C1. The topological polar surface area (TPSA) is 59.0 Å². The standard InChI is InChI=1S/C18H24FNO4/c1-2-23-11-18(22)20-9-12-7-16(21)17(8-13(12)10-20)24-15-5-3-14(19)4-6-15/h3-6,12-13,16-17,21H,2,7-11H2,1H3/t12-,13+,16+,17+/m0/s1. The summed E-state index contributed by atoms with van der Waals surface area (Å²) in [6.45, 7) is 3.88. The molecule has 1 aromatic carbocycles. The van der Waals surface area contributed by atoms with Crippen molar-refractivity contribution < 1.29 is 23.8 Å². The van der Waals surface area contributed by atoms with E-state index in [1.165, 1.54) is 12.1 Å². The third-order valence-electron chi connectivity index (χ3n) is 4.97. The van der Waals surface area contributed by atoms with Gasteiger partial charge in [0.2, 0.25) is 5.91 Å². The van der Waals surface area contributed by atoms with Crippen LogP contribution in [0.2, 0.25) is 0 Å². The van der Waals surface area contributed by atoms with Gasteiger partial charge in [-0.2, -0.15) is 0 Å². The summed E-state index contributed by atoms with van der Waals surface area (Å²) < 4.78 is 24.0. The molecule has 0 bridgehead atoms. The number of rotatable bonds is 5. The highest BCUT2D eigenvalue weighted by atomic mass is 19.1. The average Bonchev–Trinajstić information content (AvgIpc) is 2.98. The molecule has 0 unspecified atom stereocenters. The van der Waals surface area contributed by atoms with E-state index in [1.807, 2.05) is 11.8 Å². The summed E-state index contributed by atoms with van der Waals surface area (Å²) in [4.78, 5) is 13.9. The summed E-state index contributed by atoms with van der Waals surface area (Å²) >= 11 is 0. The molecular formula is C18H24FNO4. The first-order valence-electron chi connectivity index (χ1n) is 8.52. The van der Waals surface area contributed by atoms with E-state index >= 15 is 0 Å². The van der Waals surface area contributed by atoms with Crippen LogP contribution < -0.4 is 4.74 Å². The predicted molar refractivity (Wildman–Crippen MR) is 86.1 cm³/mol. The van der Waals surface area contributed by atoms with Crippen molar-refractivity contribution in [2.45, 2.75) is 32.0 Å². The number of amides is 1. The van der Waals surface area contributed by atoms with Crippen LogP contribution >= 0.6 is 0 Å². The third-order valence-corrected chi connectivity index (χ3v) is 4.97. The number of carbonyl (C=O) groups is 1. The summed E-state index contributed by atoms with van der Waals surface area (Å²) in [7, 11) is 0. The van der Waals surface area contributed by atoms with Crippen LogP contribution in [0.25, 0.3) is 0 Å².